The molecule has 3 heteroatoms. The van der Waals surface area contributed by atoms with Gasteiger partial charge in [-0.05, 0) is 37.7 Å². The largest absolute Gasteiger partial charge is 0.244 e. The van der Waals surface area contributed by atoms with Crippen LogP contribution in [0.25, 0.3) is 0 Å². The Morgan fingerprint density at radius 1 is 1.62 bits per heavy atom. The first-order valence-electron chi connectivity index (χ1n) is 4.36. The third-order valence-corrected chi connectivity index (χ3v) is 2.81. The molecular weight excluding hydrogens is 185 g/mol. The summed E-state index contributed by atoms with van der Waals surface area (Å²) in [5.41, 5.74) is 2.19. The molecule has 0 spiro atoms. The second-order valence-electron chi connectivity index (χ2n) is 2.92. The lowest BCUT2D eigenvalue weighted by atomic mass is 10.1. The molecule has 0 atom stereocenters. The molecule has 1 nitrogen and oxygen atoms in total. The molecule has 0 bridgehead atoms. The lowest BCUT2D eigenvalue weighted by Crippen LogP contribution is -1.90. The van der Waals surface area contributed by atoms with Crippen LogP contribution in [0.1, 0.15) is 26.7 Å². The van der Waals surface area contributed by atoms with Gasteiger partial charge in [-0.1, -0.05) is 6.92 Å². The summed E-state index contributed by atoms with van der Waals surface area (Å²) in [4.78, 5) is 4.24. The number of aliphatic imine (C=N–C) groups is 1. The molecule has 1 heterocycles. The molecule has 13 heavy (non-hydrogen) atoms. The average Bonchev–Trinajstić information content (AvgIpc) is 2.26. The summed E-state index contributed by atoms with van der Waals surface area (Å²) in [5.74, 6) is -0.185. The summed E-state index contributed by atoms with van der Waals surface area (Å²) >= 11 is 1.36. The molecule has 1 aliphatic rings. The van der Waals surface area contributed by atoms with Gasteiger partial charge in [0, 0.05) is 5.70 Å². The van der Waals surface area contributed by atoms with Crippen molar-refractivity contribution in [1.29, 1.82) is 0 Å². The predicted molar refractivity (Wildman–Crippen MR) is 57.7 cm³/mol. The van der Waals surface area contributed by atoms with Crippen LogP contribution >= 0.6 is 11.8 Å². The lowest BCUT2D eigenvalue weighted by Gasteiger charge is -2.01. The zero-order valence-corrected chi connectivity index (χ0v) is 9.04. The number of hydrogen-bond acceptors (Lipinski definition) is 2. The summed E-state index contributed by atoms with van der Waals surface area (Å²) in [6.07, 6.45) is 5.10. The van der Waals surface area contributed by atoms with Gasteiger partial charge in [-0.2, -0.15) is 0 Å². The Morgan fingerprint density at radius 2 is 2.31 bits per heavy atom. The van der Waals surface area contributed by atoms with E-state index in [1.807, 2.05) is 13.2 Å². The smallest absolute Gasteiger partial charge is 0.151 e. The van der Waals surface area contributed by atoms with Crippen molar-refractivity contribution < 1.29 is 4.39 Å². The highest BCUT2D eigenvalue weighted by Gasteiger charge is 2.10. The van der Waals surface area contributed by atoms with Gasteiger partial charge in [0.15, 0.2) is 5.83 Å². The minimum Gasteiger partial charge on any atom is -0.244 e. The minimum atomic E-state index is -0.185. The van der Waals surface area contributed by atoms with E-state index in [1.54, 1.807) is 6.08 Å². The molecule has 0 fully saturated rings. The molecule has 0 N–H and O–H groups in total. The van der Waals surface area contributed by atoms with Crippen molar-refractivity contribution in [3.8, 4) is 0 Å². The number of halogens is 1. The molecule has 0 aromatic rings. The Kier molecular flexibility index (Phi) is 3.72. The molecule has 0 aliphatic carbocycles. The van der Waals surface area contributed by atoms with E-state index in [2.05, 4.69) is 11.9 Å². The molecule has 72 valence electrons. The van der Waals surface area contributed by atoms with Gasteiger partial charge < -0.3 is 0 Å². The quantitative estimate of drug-likeness (QED) is 0.627. The van der Waals surface area contributed by atoms with Crippen LogP contribution in [0.4, 0.5) is 4.39 Å². The fraction of sp³-hybridized carbons (Fsp3) is 0.500. The second-order valence-corrected chi connectivity index (χ2v) is 3.71. The third-order valence-electron chi connectivity index (χ3n) is 2.13. The average molecular weight is 199 g/mol. The summed E-state index contributed by atoms with van der Waals surface area (Å²) in [6.45, 7) is 4.02. The SMILES string of the molecule is CCC1=C(C)N=C(SC)C(F)=CC1. The molecule has 0 saturated heterocycles. The predicted octanol–water partition coefficient (Wildman–Crippen LogP) is 3.69. The summed E-state index contributed by atoms with van der Waals surface area (Å²) in [5, 5.41) is 0.501. The van der Waals surface area contributed by atoms with Crippen LogP contribution in [0, 0.1) is 0 Å². The molecule has 0 unspecified atom stereocenters. The van der Waals surface area contributed by atoms with E-state index in [0.29, 0.717) is 11.5 Å². The maximum Gasteiger partial charge on any atom is 0.151 e. The van der Waals surface area contributed by atoms with Crippen LogP contribution in [0.2, 0.25) is 0 Å². The highest BCUT2D eigenvalue weighted by Crippen LogP contribution is 2.24. The van der Waals surface area contributed by atoms with Crippen molar-refractivity contribution in [2.45, 2.75) is 26.7 Å². The van der Waals surface area contributed by atoms with Crippen LogP contribution < -0.4 is 0 Å². The Bertz CT molecular complexity index is 289. The van der Waals surface area contributed by atoms with Crippen LogP contribution in [-0.2, 0) is 0 Å². The minimum absolute atomic E-state index is 0.185. The van der Waals surface area contributed by atoms with Crippen molar-refractivity contribution in [3.63, 3.8) is 0 Å². The van der Waals surface area contributed by atoms with E-state index in [-0.39, 0.29) is 5.83 Å². The Balaban J connectivity index is 3.03. The summed E-state index contributed by atoms with van der Waals surface area (Å²) in [6, 6.07) is 0. The molecular formula is C10H14FNS. The maximum absolute atomic E-state index is 13.3. The van der Waals surface area contributed by atoms with Gasteiger partial charge in [-0.3, -0.25) is 0 Å². The second kappa shape index (κ2) is 4.61. The Labute approximate surface area is 82.8 Å². The zero-order chi connectivity index (χ0) is 9.84. The van der Waals surface area contributed by atoms with Gasteiger partial charge in [0.25, 0.3) is 0 Å². The van der Waals surface area contributed by atoms with Gasteiger partial charge in [-0.15, -0.1) is 11.8 Å². The van der Waals surface area contributed by atoms with E-state index in [1.165, 1.54) is 17.3 Å². The lowest BCUT2D eigenvalue weighted by molar-refractivity contribution is 0.680. The number of nitrogens with zero attached hydrogens (tertiary/aromatic N) is 1. The molecule has 0 radical (unpaired) electrons. The number of rotatable bonds is 1. The summed E-state index contributed by atoms with van der Waals surface area (Å²) in [7, 11) is 0. The first kappa shape index (κ1) is 10.5. The van der Waals surface area contributed by atoms with Crippen molar-refractivity contribution in [2.75, 3.05) is 6.26 Å². The van der Waals surface area contributed by atoms with E-state index < -0.39 is 0 Å². The third kappa shape index (κ3) is 2.44. The highest BCUT2D eigenvalue weighted by atomic mass is 32.2. The summed E-state index contributed by atoms with van der Waals surface area (Å²) < 4.78 is 13.3. The van der Waals surface area contributed by atoms with Crippen molar-refractivity contribution in [1.82, 2.24) is 0 Å². The van der Waals surface area contributed by atoms with E-state index in [4.69, 9.17) is 0 Å². The monoisotopic (exact) mass is 199 g/mol. The van der Waals surface area contributed by atoms with Crippen LogP contribution in [0.15, 0.2) is 28.2 Å². The molecule has 0 amide bonds. The highest BCUT2D eigenvalue weighted by molar-refractivity contribution is 8.13. The molecule has 0 aromatic carbocycles. The molecule has 1 rings (SSSR count). The van der Waals surface area contributed by atoms with Crippen LogP contribution in [-0.4, -0.2) is 11.3 Å². The number of thioether (sulfide) groups is 1. The van der Waals surface area contributed by atoms with Gasteiger partial charge in [0.2, 0.25) is 0 Å². The van der Waals surface area contributed by atoms with E-state index in [9.17, 15) is 4.39 Å². The molecule has 1 aliphatic heterocycles. The maximum atomic E-state index is 13.3. The van der Waals surface area contributed by atoms with Gasteiger partial charge in [-0.25, -0.2) is 9.38 Å². The van der Waals surface area contributed by atoms with Crippen molar-refractivity contribution in [3.05, 3.63) is 23.2 Å². The van der Waals surface area contributed by atoms with E-state index >= 15 is 0 Å². The van der Waals surface area contributed by atoms with Crippen molar-refractivity contribution in [2.24, 2.45) is 4.99 Å². The van der Waals surface area contributed by atoms with Crippen LogP contribution in [0.3, 0.4) is 0 Å². The fourth-order valence-electron chi connectivity index (χ4n) is 1.28. The van der Waals surface area contributed by atoms with Gasteiger partial charge in [0.05, 0.1) is 0 Å². The number of hydrogen-bond donors (Lipinski definition) is 0. The topological polar surface area (TPSA) is 12.4 Å². The Morgan fingerprint density at radius 3 is 2.85 bits per heavy atom. The van der Waals surface area contributed by atoms with Crippen molar-refractivity contribution >= 4 is 16.8 Å². The first-order chi connectivity index (χ1) is 6.19. The van der Waals surface area contributed by atoms with E-state index in [0.717, 1.165) is 12.1 Å². The van der Waals surface area contributed by atoms with Gasteiger partial charge in [0.1, 0.15) is 5.04 Å². The zero-order valence-electron chi connectivity index (χ0n) is 8.22. The Hall–Kier alpha value is -0.570. The fourth-order valence-corrected chi connectivity index (χ4v) is 1.78. The first-order valence-corrected chi connectivity index (χ1v) is 5.58. The van der Waals surface area contributed by atoms with Crippen LogP contribution in [0.5, 0.6) is 0 Å². The van der Waals surface area contributed by atoms with Gasteiger partial charge >= 0.3 is 0 Å². The molecule has 0 aromatic heterocycles. The number of allylic oxidation sites excluding steroid dienone is 3. The molecule has 0 saturated carbocycles. The standard InChI is InChI=1S/C10H14FNS/c1-4-8-5-6-9(11)10(13-3)12-7(8)2/h6H,4-5H2,1-3H3. The normalized spacial score (nSPS) is 18.2.